The Morgan fingerprint density at radius 3 is 2.50 bits per heavy atom. The van der Waals surface area contributed by atoms with Gasteiger partial charge in [-0.3, -0.25) is 0 Å². The number of nitrogen functional groups attached to an aromatic ring is 1. The van der Waals surface area contributed by atoms with Crippen molar-refractivity contribution >= 4 is 29.0 Å². The average Bonchev–Trinajstić information content (AvgIpc) is 3.11. The molecule has 1 aromatic heterocycles. The second-order valence-electron chi connectivity index (χ2n) is 5.80. The first-order valence-electron chi connectivity index (χ1n) is 8.00. The van der Waals surface area contributed by atoms with E-state index in [0.717, 1.165) is 18.5 Å². The third kappa shape index (κ3) is 3.56. The topological polar surface area (TPSA) is 102 Å². The van der Waals surface area contributed by atoms with Crippen LogP contribution in [0.15, 0.2) is 30.6 Å². The summed E-state index contributed by atoms with van der Waals surface area (Å²) in [6, 6.07) is 7.34. The van der Waals surface area contributed by atoms with Crippen molar-refractivity contribution in [3.05, 3.63) is 36.2 Å². The molecule has 4 N–H and O–H groups in total. The zero-order valence-corrected chi connectivity index (χ0v) is 13.6. The van der Waals surface area contributed by atoms with Gasteiger partial charge in [0.2, 0.25) is 0 Å². The molecule has 3 rings (SSSR count). The molecule has 1 fully saturated rings. The number of hydrogen-bond acceptors (Lipinski definition) is 7. The minimum absolute atomic E-state index is 0.369. The van der Waals surface area contributed by atoms with Crippen LogP contribution < -0.4 is 16.4 Å². The molecule has 1 saturated carbocycles. The van der Waals surface area contributed by atoms with Gasteiger partial charge >= 0.3 is 5.97 Å². The number of aromatic nitrogens is 2. The van der Waals surface area contributed by atoms with E-state index < -0.39 is 0 Å². The largest absolute Gasteiger partial charge is 0.465 e. The summed E-state index contributed by atoms with van der Waals surface area (Å²) in [5.74, 6) is 0.827. The van der Waals surface area contributed by atoms with Crippen molar-refractivity contribution in [2.24, 2.45) is 0 Å². The summed E-state index contributed by atoms with van der Waals surface area (Å²) in [4.78, 5) is 19.9. The molecule has 0 saturated heterocycles. The number of nitrogens with one attached hydrogen (secondary N) is 2. The lowest BCUT2D eigenvalue weighted by molar-refractivity contribution is 0.0601. The van der Waals surface area contributed by atoms with Gasteiger partial charge in [0.05, 0.1) is 12.7 Å². The summed E-state index contributed by atoms with van der Waals surface area (Å²) in [7, 11) is 1.36. The molecular weight excluding hydrogens is 306 g/mol. The van der Waals surface area contributed by atoms with Crippen molar-refractivity contribution in [2.45, 2.75) is 31.7 Å². The zero-order valence-electron chi connectivity index (χ0n) is 13.6. The van der Waals surface area contributed by atoms with Crippen molar-refractivity contribution in [3.63, 3.8) is 0 Å². The summed E-state index contributed by atoms with van der Waals surface area (Å²) in [6.07, 6.45) is 6.24. The fourth-order valence-corrected chi connectivity index (χ4v) is 2.82. The van der Waals surface area contributed by atoms with E-state index in [1.165, 1.54) is 26.3 Å². The number of nitrogens with two attached hydrogens (primary N) is 1. The van der Waals surface area contributed by atoms with Crippen LogP contribution in [0, 0.1) is 0 Å². The number of methoxy groups -OCH3 is 1. The molecule has 1 aliphatic carbocycles. The van der Waals surface area contributed by atoms with E-state index in [4.69, 9.17) is 5.73 Å². The molecule has 0 unspecified atom stereocenters. The van der Waals surface area contributed by atoms with Gasteiger partial charge in [0.25, 0.3) is 0 Å². The third-order valence-corrected chi connectivity index (χ3v) is 4.15. The normalized spacial score (nSPS) is 14.4. The van der Waals surface area contributed by atoms with Gasteiger partial charge in [0.15, 0.2) is 11.6 Å². The van der Waals surface area contributed by atoms with Crippen LogP contribution in [0.3, 0.4) is 0 Å². The van der Waals surface area contributed by atoms with Gasteiger partial charge in [0, 0.05) is 11.7 Å². The van der Waals surface area contributed by atoms with Crippen LogP contribution in [0.2, 0.25) is 0 Å². The monoisotopic (exact) mass is 327 g/mol. The molecule has 0 aliphatic heterocycles. The van der Waals surface area contributed by atoms with E-state index >= 15 is 0 Å². The lowest BCUT2D eigenvalue weighted by Gasteiger charge is -2.16. The standard InChI is InChI=1S/C17H21N5O2/c1-24-17(23)11-6-8-13(9-7-11)22-16-14(18)15(19-10-20-16)21-12-4-2-3-5-12/h6-10,12H,2-5,18H2,1H3,(H2,19,20,21,22). The lowest BCUT2D eigenvalue weighted by atomic mass is 10.2. The van der Waals surface area contributed by atoms with Crippen molar-refractivity contribution in [1.29, 1.82) is 0 Å². The van der Waals surface area contributed by atoms with Gasteiger partial charge in [-0.2, -0.15) is 0 Å². The van der Waals surface area contributed by atoms with Crippen LogP contribution in [0.1, 0.15) is 36.0 Å². The molecular formula is C17H21N5O2. The molecule has 1 aliphatic rings. The highest BCUT2D eigenvalue weighted by molar-refractivity contribution is 5.90. The van der Waals surface area contributed by atoms with Gasteiger partial charge in [-0.1, -0.05) is 12.8 Å². The van der Waals surface area contributed by atoms with Crippen molar-refractivity contribution in [3.8, 4) is 0 Å². The van der Waals surface area contributed by atoms with E-state index in [-0.39, 0.29) is 5.97 Å². The van der Waals surface area contributed by atoms with Gasteiger partial charge in [0.1, 0.15) is 12.0 Å². The Morgan fingerprint density at radius 2 is 1.83 bits per heavy atom. The van der Waals surface area contributed by atoms with Crippen molar-refractivity contribution < 1.29 is 9.53 Å². The van der Waals surface area contributed by atoms with Gasteiger partial charge in [-0.15, -0.1) is 0 Å². The molecule has 0 bridgehead atoms. The number of rotatable bonds is 5. The Morgan fingerprint density at radius 1 is 1.17 bits per heavy atom. The van der Waals surface area contributed by atoms with E-state index in [1.807, 2.05) is 0 Å². The van der Waals surface area contributed by atoms with Crippen LogP contribution in [0.25, 0.3) is 0 Å². The number of benzene rings is 1. The summed E-state index contributed by atoms with van der Waals surface area (Å²) in [5.41, 5.74) is 7.94. The van der Waals surface area contributed by atoms with Crippen LogP contribution >= 0.6 is 0 Å². The molecule has 0 atom stereocenters. The van der Waals surface area contributed by atoms with Gasteiger partial charge in [-0.05, 0) is 37.1 Å². The van der Waals surface area contributed by atoms with E-state index in [9.17, 15) is 4.79 Å². The highest BCUT2D eigenvalue weighted by Gasteiger charge is 2.17. The summed E-state index contributed by atoms with van der Waals surface area (Å²) in [6.45, 7) is 0. The van der Waals surface area contributed by atoms with E-state index in [0.29, 0.717) is 28.9 Å². The summed E-state index contributed by atoms with van der Waals surface area (Å²) in [5, 5.41) is 6.54. The molecule has 1 heterocycles. The molecule has 0 spiro atoms. The molecule has 2 aromatic rings. The van der Waals surface area contributed by atoms with Gasteiger partial charge in [-0.25, -0.2) is 14.8 Å². The molecule has 0 radical (unpaired) electrons. The maximum Gasteiger partial charge on any atom is 0.337 e. The predicted molar refractivity (Wildman–Crippen MR) is 93.4 cm³/mol. The Labute approximate surface area is 140 Å². The molecule has 7 nitrogen and oxygen atoms in total. The van der Waals surface area contributed by atoms with Crippen molar-refractivity contribution in [1.82, 2.24) is 9.97 Å². The number of hydrogen-bond donors (Lipinski definition) is 3. The Balaban J connectivity index is 1.73. The Bertz CT molecular complexity index is 711. The van der Waals surface area contributed by atoms with Crippen LogP contribution in [-0.2, 0) is 4.74 Å². The van der Waals surface area contributed by atoms with Crippen LogP contribution in [-0.4, -0.2) is 29.1 Å². The smallest absolute Gasteiger partial charge is 0.337 e. The quantitative estimate of drug-likeness (QED) is 0.726. The highest BCUT2D eigenvalue weighted by Crippen LogP contribution is 2.29. The van der Waals surface area contributed by atoms with Crippen LogP contribution in [0.5, 0.6) is 0 Å². The maximum atomic E-state index is 11.5. The fourth-order valence-electron chi connectivity index (χ4n) is 2.82. The third-order valence-electron chi connectivity index (χ3n) is 4.15. The highest BCUT2D eigenvalue weighted by atomic mass is 16.5. The van der Waals surface area contributed by atoms with Crippen LogP contribution in [0.4, 0.5) is 23.0 Å². The molecule has 7 heteroatoms. The lowest BCUT2D eigenvalue weighted by Crippen LogP contribution is -2.17. The second kappa shape index (κ2) is 7.16. The maximum absolute atomic E-state index is 11.5. The van der Waals surface area contributed by atoms with Crippen molar-refractivity contribution in [2.75, 3.05) is 23.5 Å². The summed E-state index contributed by atoms with van der Waals surface area (Å²) >= 11 is 0. The first kappa shape index (κ1) is 16.0. The molecule has 126 valence electrons. The van der Waals surface area contributed by atoms with E-state index in [1.54, 1.807) is 24.3 Å². The SMILES string of the molecule is COC(=O)c1ccc(Nc2ncnc(NC3CCCC3)c2N)cc1. The number of anilines is 4. The minimum atomic E-state index is -0.369. The fraction of sp³-hybridized carbons (Fsp3) is 0.353. The van der Waals surface area contributed by atoms with E-state index in [2.05, 4.69) is 25.3 Å². The summed E-state index contributed by atoms with van der Waals surface area (Å²) < 4.78 is 4.68. The first-order valence-corrected chi connectivity index (χ1v) is 8.00. The predicted octanol–water partition coefficient (Wildman–Crippen LogP) is 2.94. The number of carbonyl (C=O) groups is 1. The number of nitrogens with zero attached hydrogens (tertiary/aromatic N) is 2. The molecule has 1 aromatic carbocycles. The first-order chi connectivity index (χ1) is 11.7. The average molecular weight is 327 g/mol. The zero-order chi connectivity index (χ0) is 16.9. The number of esters is 1. The van der Waals surface area contributed by atoms with Gasteiger partial charge < -0.3 is 21.1 Å². The number of ether oxygens (including phenoxy) is 1. The Hall–Kier alpha value is -2.83. The molecule has 24 heavy (non-hydrogen) atoms. The minimum Gasteiger partial charge on any atom is -0.465 e. The molecule has 0 amide bonds. The number of carbonyl (C=O) groups excluding carboxylic acids is 1. The second-order valence-corrected chi connectivity index (χ2v) is 5.80. The Kier molecular flexibility index (Phi) is 4.79.